The first-order chi connectivity index (χ1) is 18.5. The fraction of sp³-hybridized carbons (Fsp3) is 0.429. The van der Waals surface area contributed by atoms with Crippen molar-refractivity contribution in [1.29, 1.82) is 0 Å². The number of halogens is 2. The van der Waals surface area contributed by atoms with E-state index in [0.29, 0.717) is 24.2 Å². The summed E-state index contributed by atoms with van der Waals surface area (Å²) < 4.78 is 5.59. The van der Waals surface area contributed by atoms with Crippen molar-refractivity contribution < 1.29 is 29.0 Å². The molecule has 6 rings (SSSR count). The molecule has 8 nitrogen and oxygen atoms in total. The Bertz CT molecular complexity index is 1440. The maximum atomic E-state index is 13.8. The van der Waals surface area contributed by atoms with Crippen LogP contribution in [0.1, 0.15) is 36.1 Å². The largest absolute Gasteiger partial charge is 0.504 e. The van der Waals surface area contributed by atoms with Crippen molar-refractivity contribution in [3.05, 3.63) is 57.8 Å². The number of ether oxygens (including phenoxy) is 1. The van der Waals surface area contributed by atoms with E-state index in [1.807, 2.05) is 23.6 Å². The molecule has 4 amide bonds. The number of phenolic OH excluding ortho intramolecular Hbond substituents is 1. The van der Waals surface area contributed by atoms with Gasteiger partial charge in [-0.1, -0.05) is 23.8 Å². The van der Waals surface area contributed by atoms with Gasteiger partial charge in [0, 0.05) is 17.8 Å². The number of amides is 4. The van der Waals surface area contributed by atoms with Crippen molar-refractivity contribution in [1.82, 2.24) is 9.80 Å². The van der Waals surface area contributed by atoms with Gasteiger partial charge in [0.2, 0.25) is 11.8 Å². The lowest BCUT2D eigenvalue weighted by Crippen LogP contribution is -2.60. The van der Waals surface area contributed by atoms with Crippen molar-refractivity contribution in [3.63, 3.8) is 0 Å². The van der Waals surface area contributed by atoms with Gasteiger partial charge in [0.15, 0.2) is 21.2 Å². The number of hydrogen-bond donors (Lipinski definition) is 1. The maximum absolute atomic E-state index is 13.8. The molecule has 2 aliphatic carbocycles. The molecule has 6 unspecified atom stereocenters. The number of alkyl halides is 2. The summed E-state index contributed by atoms with van der Waals surface area (Å²) in [6, 6.07) is 8.42. The number of imide groups is 2. The summed E-state index contributed by atoms with van der Waals surface area (Å²) in [5.74, 6) is -4.49. The van der Waals surface area contributed by atoms with E-state index in [2.05, 4.69) is 0 Å². The van der Waals surface area contributed by atoms with Gasteiger partial charge in [0.25, 0.3) is 11.8 Å². The standard InChI is InChI=1S/C28H26Cl2N2O6S/c1-3-38-20-11-14(6-9-19(20)33)22-16-7-8-17-21(24(35)32(23(17)34)13-15-5-4-10-39-15)18(16)12-27(29)25(36)31(2)26(37)28(22,27)30/h4-7,9-11,17-18,21-22,33H,3,8,12-13H2,1-2H3. The van der Waals surface area contributed by atoms with Crippen LogP contribution >= 0.6 is 34.5 Å². The van der Waals surface area contributed by atoms with Gasteiger partial charge in [0.05, 0.1) is 25.0 Å². The molecule has 2 saturated heterocycles. The Kier molecular flexibility index (Phi) is 6.13. The number of allylic oxidation sites excluding steroid dienone is 2. The van der Waals surface area contributed by atoms with Gasteiger partial charge in [0.1, 0.15) is 0 Å². The number of carbonyl (C=O) groups is 4. The number of rotatable bonds is 5. The third kappa shape index (κ3) is 3.49. The quantitative estimate of drug-likeness (QED) is 0.321. The number of benzene rings is 1. The van der Waals surface area contributed by atoms with E-state index < -0.39 is 45.2 Å². The van der Waals surface area contributed by atoms with Gasteiger partial charge in [-0.15, -0.1) is 34.5 Å². The molecule has 39 heavy (non-hydrogen) atoms. The van der Waals surface area contributed by atoms with Crippen molar-refractivity contribution in [2.75, 3.05) is 13.7 Å². The highest BCUT2D eigenvalue weighted by atomic mass is 35.5. The summed E-state index contributed by atoms with van der Waals surface area (Å²) in [6.45, 7) is 2.26. The number of hydrogen-bond acceptors (Lipinski definition) is 7. The van der Waals surface area contributed by atoms with Crippen molar-refractivity contribution in [2.45, 2.75) is 42.0 Å². The van der Waals surface area contributed by atoms with E-state index in [0.717, 1.165) is 9.78 Å². The van der Waals surface area contributed by atoms with E-state index in [4.69, 9.17) is 27.9 Å². The number of thiophene rings is 1. The van der Waals surface area contributed by atoms with E-state index in [1.54, 1.807) is 19.1 Å². The van der Waals surface area contributed by atoms with Crippen LogP contribution in [-0.4, -0.2) is 61.9 Å². The molecule has 1 aromatic heterocycles. The van der Waals surface area contributed by atoms with Crippen LogP contribution in [0.4, 0.5) is 0 Å². The molecule has 3 fully saturated rings. The molecule has 11 heteroatoms. The highest BCUT2D eigenvalue weighted by molar-refractivity contribution is 7.09. The molecular formula is C28H26Cl2N2O6S. The Hall–Kier alpha value is -2.88. The van der Waals surface area contributed by atoms with E-state index in [1.165, 1.54) is 29.4 Å². The predicted molar refractivity (Wildman–Crippen MR) is 145 cm³/mol. The van der Waals surface area contributed by atoms with Crippen LogP contribution < -0.4 is 4.74 Å². The molecule has 6 atom stereocenters. The van der Waals surface area contributed by atoms with Crippen molar-refractivity contribution >= 4 is 58.2 Å². The molecule has 2 aliphatic heterocycles. The Balaban J connectivity index is 1.49. The lowest BCUT2D eigenvalue weighted by molar-refractivity contribution is -0.141. The topological polar surface area (TPSA) is 104 Å². The van der Waals surface area contributed by atoms with E-state index >= 15 is 0 Å². The van der Waals surface area contributed by atoms with Crippen LogP contribution in [0.3, 0.4) is 0 Å². The first-order valence-electron chi connectivity index (χ1n) is 12.8. The van der Waals surface area contributed by atoms with Gasteiger partial charge in [-0.25, -0.2) is 0 Å². The molecule has 1 aromatic carbocycles. The van der Waals surface area contributed by atoms with E-state index in [-0.39, 0.29) is 36.3 Å². The lowest BCUT2D eigenvalue weighted by Gasteiger charge is -2.50. The number of likely N-dealkylation sites (tertiary alicyclic amines) is 2. The zero-order valence-corrected chi connectivity index (χ0v) is 23.6. The predicted octanol–water partition coefficient (Wildman–Crippen LogP) is 4.04. The molecular weight excluding hydrogens is 563 g/mol. The summed E-state index contributed by atoms with van der Waals surface area (Å²) in [5.41, 5.74) is 1.22. The zero-order valence-electron chi connectivity index (χ0n) is 21.2. The van der Waals surface area contributed by atoms with Gasteiger partial charge in [-0.2, -0.15) is 0 Å². The fourth-order valence-corrected chi connectivity index (χ4v) is 8.59. The van der Waals surface area contributed by atoms with Gasteiger partial charge in [-0.3, -0.25) is 29.0 Å². The van der Waals surface area contributed by atoms with Crippen LogP contribution in [0.2, 0.25) is 0 Å². The molecule has 204 valence electrons. The second-order valence-electron chi connectivity index (χ2n) is 10.5. The minimum Gasteiger partial charge on any atom is -0.504 e. The normalized spacial score (nSPS) is 33.7. The number of aromatic hydroxyl groups is 1. The number of carbonyl (C=O) groups excluding carboxylic acids is 4. The number of fused-ring (bicyclic) bond motifs is 4. The van der Waals surface area contributed by atoms with Crippen LogP contribution in [0, 0.1) is 17.8 Å². The summed E-state index contributed by atoms with van der Waals surface area (Å²) in [4.78, 5) is 53.9. The van der Waals surface area contributed by atoms with Crippen molar-refractivity contribution in [2.24, 2.45) is 17.8 Å². The first-order valence-corrected chi connectivity index (χ1v) is 14.4. The third-order valence-electron chi connectivity index (χ3n) is 8.62. The Labute approximate surface area is 239 Å². The SMILES string of the molecule is CCOc1cc(C2C3=CCC4C(=O)N(Cc5cccs5)C(=O)C4C3CC3(Cl)C(=O)N(C)C(=O)C23Cl)ccc1O. The Morgan fingerprint density at radius 2 is 1.87 bits per heavy atom. The summed E-state index contributed by atoms with van der Waals surface area (Å²) >= 11 is 15.8. The molecule has 4 aliphatic rings. The summed E-state index contributed by atoms with van der Waals surface area (Å²) in [7, 11) is 1.35. The van der Waals surface area contributed by atoms with Crippen LogP contribution in [0.25, 0.3) is 0 Å². The fourth-order valence-electron chi connectivity index (χ4n) is 6.88. The molecule has 1 saturated carbocycles. The Morgan fingerprint density at radius 1 is 1.10 bits per heavy atom. The average Bonchev–Trinajstić information content (AvgIpc) is 3.55. The molecule has 2 aromatic rings. The highest BCUT2D eigenvalue weighted by Crippen LogP contribution is 2.65. The molecule has 0 radical (unpaired) electrons. The van der Waals surface area contributed by atoms with Gasteiger partial charge < -0.3 is 9.84 Å². The van der Waals surface area contributed by atoms with Gasteiger partial charge >= 0.3 is 0 Å². The molecule has 3 heterocycles. The highest BCUT2D eigenvalue weighted by Gasteiger charge is 2.75. The average molecular weight is 589 g/mol. The van der Waals surface area contributed by atoms with Crippen LogP contribution in [-0.2, 0) is 25.7 Å². The van der Waals surface area contributed by atoms with Crippen LogP contribution in [0.15, 0.2) is 47.4 Å². The first kappa shape index (κ1) is 26.3. The third-order valence-corrected chi connectivity index (χ3v) is 10.9. The smallest absolute Gasteiger partial charge is 0.253 e. The van der Waals surface area contributed by atoms with Gasteiger partial charge in [-0.05, 0) is 54.8 Å². The summed E-state index contributed by atoms with van der Waals surface area (Å²) in [6.07, 6.45) is 2.13. The van der Waals surface area contributed by atoms with Crippen LogP contribution in [0.5, 0.6) is 11.5 Å². The number of phenols is 1. The molecule has 0 spiro atoms. The van der Waals surface area contributed by atoms with Crippen molar-refractivity contribution in [3.8, 4) is 11.5 Å². The molecule has 1 N–H and O–H groups in total. The zero-order chi connectivity index (χ0) is 27.9. The minimum absolute atomic E-state index is 0.0568. The second-order valence-corrected chi connectivity index (χ2v) is 12.8. The minimum atomic E-state index is -1.88. The second kappa shape index (κ2) is 9.08. The summed E-state index contributed by atoms with van der Waals surface area (Å²) in [5, 5.41) is 12.2. The molecule has 0 bridgehead atoms. The monoisotopic (exact) mass is 588 g/mol. The Morgan fingerprint density at radius 3 is 2.56 bits per heavy atom. The number of nitrogens with zero attached hydrogens (tertiary/aromatic N) is 2. The maximum Gasteiger partial charge on any atom is 0.253 e. The lowest BCUT2D eigenvalue weighted by atomic mass is 9.56. The van der Waals surface area contributed by atoms with E-state index in [9.17, 15) is 24.3 Å².